The summed E-state index contributed by atoms with van der Waals surface area (Å²) in [5, 5.41) is 0.721. The fourth-order valence-electron chi connectivity index (χ4n) is 3.54. The molecule has 5 aromatic rings. The Kier molecular flexibility index (Phi) is 4.83. The molecule has 0 bridgehead atoms. The molecular weight excluding hydrogens is 392 g/mol. The molecule has 0 unspecified atom stereocenters. The van der Waals surface area contributed by atoms with Gasteiger partial charge in [-0.05, 0) is 54.1 Å². The summed E-state index contributed by atoms with van der Waals surface area (Å²) in [6.45, 7) is 0. The molecule has 4 nitrogen and oxygen atoms in total. The van der Waals surface area contributed by atoms with Gasteiger partial charge in [0.25, 0.3) is 5.82 Å². The zero-order chi connectivity index (χ0) is 20.3. The van der Waals surface area contributed by atoms with Crippen LogP contribution in [0, 0.1) is 0 Å². The summed E-state index contributed by atoms with van der Waals surface area (Å²) < 4.78 is 4.30. The van der Waals surface area contributed by atoms with Gasteiger partial charge in [0.2, 0.25) is 5.82 Å². The number of aromatic nitrogens is 4. The van der Waals surface area contributed by atoms with E-state index >= 15 is 0 Å². The Morgan fingerprint density at radius 2 is 1.47 bits per heavy atom. The van der Waals surface area contributed by atoms with Crippen molar-refractivity contribution in [3.8, 4) is 11.6 Å². The predicted octanol–water partition coefficient (Wildman–Crippen LogP) is 5.52. The molecule has 0 aliphatic rings. The Morgan fingerprint density at radius 1 is 0.733 bits per heavy atom. The van der Waals surface area contributed by atoms with Crippen molar-refractivity contribution in [3.63, 3.8) is 0 Å². The predicted molar refractivity (Wildman–Crippen MR) is 121 cm³/mol. The molecule has 0 aliphatic carbocycles. The van der Waals surface area contributed by atoms with Crippen LogP contribution < -0.4 is 4.57 Å². The number of halogens is 1. The van der Waals surface area contributed by atoms with Crippen LogP contribution in [-0.4, -0.2) is 14.5 Å². The van der Waals surface area contributed by atoms with Crippen LogP contribution >= 0.6 is 11.6 Å². The second kappa shape index (κ2) is 7.93. The van der Waals surface area contributed by atoms with Crippen molar-refractivity contribution in [1.82, 2.24) is 14.5 Å². The zero-order valence-electron chi connectivity index (χ0n) is 16.1. The lowest BCUT2D eigenvalue weighted by Crippen LogP contribution is -2.34. The summed E-state index contributed by atoms with van der Waals surface area (Å²) in [6, 6.07) is 27.9. The molecule has 0 spiro atoms. The maximum absolute atomic E-state index is 6.04. The van der Waals surface area contributed by atoms with E-state index < -0.39 is 0 Å². The summed E-state index contributed by atoms with van der Waals surface area (Å²) in [4.78, 5) is 9.22. The van der Waals surface area contributed by atoms with Crippen molar-refractivity contribution in [2.75, 3.05) is 0 Å². The van der Waals surface area contributed by atoms with Crippen LogP contribution in [0.25, 0.3) is 34.8 Å². The van der Waals surface area contributed by atoms with Crippen LogP contribution in [0.3, 0.4) is 0 Å². The Morgan fingerprint density at radius 3 is 2.20 bits per heavy atom. The molecule has 0 saturated heterocycles. The quantitative estimate of drug-likeness (QED) is 0.366. The third kappa shape index (κ3) is 3.38. The summed E-state index contributed by atoms with van der Waals surface area (Å²) in [5.41, 5.74) is 3.17. The Hall–Kier alpha value is -3.76. The van der Waals surface area contributed by atoms with Crippen LogP contribution in [0.5, 0.6) is 0 Å². The summed E-state index contributed by atoms with van der Waals surface area (Å²) >= 11 is 6.04. The van der Waals surface area contributed by atoms with E-state index in [0.717, 1.165) is 39.1 Å². The molecule has 0 amide bonds. The van der Waals surface area contributed by atoms with E-state index in [2.05, 4.69) is 43.4 Å². The van der Waals surface area contributed by atoms with Crippen molar-refractivity contribution in [3.05, 3.63) is 114 Å². The highest BCUT2D eigenvalue weighted by Gasteiger charge is 2.24. The fraction of sp³-hybridized carbons (Fsp3) is 0. The molecule has 144 valence electrons. The SMILES string of the molecule is Clc1ccc(/C=C/c2n(-c3ccccn3)c3ccccc3[n+]2-c2ccccn2)cc1. The minimum atomic E-state index is 0.721. The number of benzene rings is 2. The number of fused-ring (bicyclic) bond motifs is 1. The van der Waals surface area contributed by atoms with E-state index in [4.69, 9.17) is 11.6 Å². The normalized spacial score (nSPS) is 11.4. The van der Waals surface area contributed by atoms with Gasteiger partial charge in [-0.25, -0.2) is 9.55 Å². The minimum absolute atomic E-state index is 0.721. The molecule has 3 aromatic heterocycles. The Bertz CT molecular complexity index is 1250. The largest absolute Gasteiger partial charge is 0.267 e. The van der Waals surface area contributed by atoms with Gasteiger partial charge in [-0.1, -0.05) is 48.0 Å². The topological polar surface area (TPSA) is 34.6 Å². The smallest absolute Gasteiger partial charge is 0.225 e. The monoisotopic (exact) mass is 409 g/mol. The van der Waals surface area contributed by atoms with Crippen molar-refractivity contribution in [2.24, 2.45) is 0 Å². The van der Waals surface area contributed by atoms with Crippen LogP contribution in [0.4, 0.5) is 0 Å². The van der Waals surface area contributed by atoms with Crippen LogP contribution in [0.15, 0.2) is 97.3 Å². The molecule has 0 radical (unpaired) electrons. The molecule has 0 saturated carbocycles. The highest BCUT2D eigenvalue weighted by molar-refractivity contribution is 6.30. The van der Waals surface area contributed by atoms with Crippen molar-refractivity contribution < 1.29 is 4.57 Å². The van der Waals surface area contributed by atoms with Crippen molar-refractivity contribution in [2.45, 2.75) is 0 Å². The molecular formula is C25H18ClN4+. The van der Waals surface area contributed by atoms with Gasteiger partial charge in [0, 0.05) is 23.4 Å². The molecule has 0 atom stereocenters. The highest BCUT2D eigenvalue weighted by atomic mass is 35.5. The Labute approximate surface area is 179 Å². The first-order valence-electron chi connectivity index (χ1n) is 9.63. The lowest BCUT2D eigenvalue weighted by molar-refractivity contribution is -0.574. The number of pyridine rings is 2. The number of hydrogen-bond acceptors (Lipinski definition) is 2. The maximum Gasteiger partial charge on any atom is 0.267 e. The van der Waals surface area contributed by atoms with Gasteiger partial charge in [0.05, 0.1) is 0 Å². The van der Waals surface area contributed by atoms with E-state index in [1.54, 1.807) is 0 Å². The average Bonchev–Trinajstić information content (AvgIpc) is 3.14. The number of nitrogens with zero attached hydrogens (tertiary/aromatic N) is 4. The molecule has 0 fully saturated rings. The third-order valence-corrected chi connectivity index (χ3v) is 5.13. The first-order chi connectivity index (χ1) is 14.8. The average molecular weight is 410 g/mol. The molecule has 0 N–H and O–H groups in total. The van der Waals surface area contributed by atoms with Crippen LogP contribution in [-0.2, 0) is 0 Å². The van der Waals surface area contributed by atoms with E-state index in [-0.39, 0.29) is 0 Å². The first kappa shape index (κ1) is 18.3. The highest BCUT2D eigenvalue weighted by Crippen LogP contribution is 2.22. The van der Waals surface area contributed by atoms with E-state index in [9.17, 15) is 0 Å². The van der Waals surface area contributed by atoms with E-state index in [0.29, 0.717) is 0 Å². The van der Waals surface area contributed by atoms with Gasteiger partial charge in [0.1, 0.15) is 17.2 Å². The second-order valence-electron chi connectivity index (χ2n) is 6.78. The molecule has 5 heteroatoms. The van der Waals surface area contributed by atoms with Crippen LogP contribution in [0.2, 0.25) is 5.02 Å². The van der Waals surface area contributed by atoms with Gasteiger partial charge >= 0.3 is 0 Å². The number of imidazole rings is 1. The van der Waals surface area contributed by atoms with Crippen molar-refractivity contribution in [1.29, 1.82) is 0 Å². The molecule has 0 aliphatic heterocycles. The lowest BCUT2D eigenvalue weighted by atomic mass is 10.2. The van der Waals surface area contributed by atoms with Crippen molar-refractivity contribution >= 4 is 34.8 Å². The van der Waals surface area contributed by atoms with Gasteiger partial charge < -0.3 is 0 Å². The molecule has 3 heterocycles. The molecule has 30 heavy (non-hydrogen) atoms. The van der Waals surface area contributed by atoms with Crippen LogP contribution in [0.1, 0.15) is 11.4 Å². The lowest BCUT2D eigenvalue weighted by Gasteiger charge is -2.03. The Balaban J connectivity index is 1.81. The summed E-state index contributed by atoms with van der Waals surface area (Å²) in [6.07, 6.45) is 7.78. The van der Waals surface area contributed by atoms with E-state index in [1.165, 1.54) is 0 Å². The zero-order valence-corrected chi connectivity index (χ0v) is 16.8. The minimum Gasteiger partial charge on any atom is -0.225 e. The number of rotatable bonds is 4. The molecule has 2 aromatic carbocycles. The first-order valence-corrected chi connectivity index (χ1v) is 10.0. The molecule has 5 rings (SSSR count). The third-order valence-electron chi connectivity index (χ3n) is 4.87. The van der Waals surface area contributed by atoms with Gasteiger partial charge in [0.15, 0.2) is 5.82 Å². The van der Waals surface area contributed by atoms with Gasteiger partial charge in [-0.15, -0.1) is 4.98 Å². The maximum atomic E-state index is 6.04. The standard InChI is InChI=1S/C25H18ClN4/c26-20-14-11-19(12-15-20)13-16-25-29(23-9-3-5-17-27-23)21-7-1-2-8-22(21)30(25)24-10-4-6-18-28-24/h1-18H/q+1/b16-13+. The van der Waals surface area contributed by atoms with E-state index in [1.807, 2.05) is 85.2 Å². The second-order valence-corrected chi connectivity index (χ2v) is 7.21. The fourth-order valence-corrected chi connectivity index (χ4v) is 3.66. The number of hydrogen-bond donors (Lipinski definition) is 0. The summed E-state index contributed by atoms with van der Waals surface area (Å²) in [7, 11) is 0. The van der Waals surface area contributed by atoms with Gasteiger partial charge in [-0.2, -0.15) is 4.57 Å². The summed E-state index contributed by atoms with van der Waals surface area (Å²) in [5.74, 6) is 2.64. The van der Waals surface area contributed by atoms with Gasteiger partial charge in [-0.3, -0.25) is 0 Å². The number of para-hydroxylation sites is 2.